The molecule has 2 nitrogen and oxygen atoms in total. The Morgan fingerprint density at radius 1 is 1.53 bits per heavy atom. The predicted molar refractivity (Wildman–Crippen MR) is 77.0 cm³/mol. The van der Waals surface area contributed by atoms with Crippen molar-refractivity contribution in [1.29, 1.82) is 0 Å². The maximum absolute atomic E-state index is 6.31. The zero-order valence-electron chi connectivity index (χ0n) is 10.8. The van der Waals surface area contributed by atoms with Gasteiger partial charge in [0, 0.05) is 30.3 Å². The lowest BCUT2D eigenvalue weighted by Gasteiger charge is -2.20. The van der Waals surface area contributed by atoms with E-state index in [1.54, 1.807) is 0 Å². The molecule has 0 fully saturated rings. The second-order valence-electron chi connectivity index (χ2n) is 4.15. The highest BCUT2D eigenvalue weighted by Crippen LogP contribution is 2.27. The summed E-state index contributed by atoms with van der Waals surface area (Å²) in [6.45, 7) is 9.71. The van der Waals surface area contributed by atoms with Crippen LogP contribution in [-0.2, 0) is 0 Å². The lowest BCUT2D eigenvalue weighted by molar-refractivity contribution is 0.598. The number of hydrogen-bond donors (Lipinski definition) is 1. The number of hydrogen-bond acceptors (Lipinski definition) is 2. The average molecular weight is 253 g/mol. The maximum Gasteiger partial charge on any atom is 0.0474 e. The first-order valence-electron chi connectivity index (χ1n) is 5.95. The molecule has 0 amide bonds. The number of likely N-dealkylation sites (N-methyl/N-ethyl adjacent to an activating group) is 1. The second-order valence-corrected chi connectivity index (χ2v) is 4.56. The predicted octanol–water partition coefficient (Wildman–Crippen LogP) is 3.63. The zero-order chi connectivity index (χ0) is 12.8. The van der Waals surface area contributed by atoms with E-state index in [9.17, 15) is 0 Å². The van der Waals surface area contributed by atoms with Crippen LogP contribution >= 0.6 is 11.6 Å². The molecular formula is C14H21ClN2. The Kier molecular flexibility index (Phi) is 5.52. The lowest BCUT2D eigenvalue weighted by Crippen LogP contribution is -2.19. The molecule has 0 aliphatic heterocycles. The van der Waals surface area contributed by atoms with Crippen LogP contribution in [0.25, 0.3) is 0 Å². The van der Waals surface area contributed by atoms with Crippen LogP contribution < -0.4 is 10.2 Å². The highest BCUT2D eigenvalue weighted by atomic mass is 35.5. The van der Waals surface area contributed by atoms with E-state index >= 15 is 0 Å². The molecule has 0 aliphatic carbocycles. The molecule has 1 N–H and O–H groups in total. The molecule has 0 radical (unpaired) electrons. The molecule has 0 saturated heterocycles. The van der Waals surface area contributed by atoms with Gasteiger partial charge >= 0.3 is 0 Å². The largest absolute Gasteiger partial charge is 0.371 e. The van der Waals surface area contributed by atoms with Crippen molar-refractivity contribution in [2.75, 3.05) is 25.0 Å². The summed E-state index contributed by atoms with van der Waals surface area (Å²) in [5.41, 5.74) is 2.26. The number of nitrogens with one attached hydrogen (secondary N) is 1. The molecule has 0 aliphatic rings. The number of halogens is 1. The van der Waals surface area contributed by atoms with E-state index in [0.717, 1.165) is 29.4 Å². The van der Waals surface area contributed by atoms with E-state index in [4.69, 9.17) is 11.6 Å². The molecule has 0 spiro atoms. The van der Waals surface area contributed by atoms with E-state index in [1.165, 1.54) is 0 Å². The molecule has 0 bridgehead atoms. The SMILES string of the molecule is C=CCN(C)c1ccc(C(C)NCC)c(Cl)c1. The fraction of sp³-hybridized carbons (Fsp3) is 0.429. The van der Waals surface area contributed by atoms with Gasteiger partial charge in [0.15, 0.2) is 0 Å². The smallest absolute Gasteiger partial charge is 0.0474 e. The summed E-state index contributed by atoms with van der Waals surface area (Å²) in [4.78, 5) is 2.11. The minimum absolute atomic E-state index is 0.284. The van der Waals surface area contributed by atoms with Crippen LogP contribution in [0.4, 0.5) is 5.69 Å². The average Bonchev–Trinajstić information content (AvgIpc) is 2.29. The van der Waals surface area contributed by atoms with Crippen LogP contribution in [-0.4, -0.2) is 20.1 Å². The fourth-order valence-corrected chi connectivity index (χ4v) is 2.16. The van der Waals surface area contributed by atoms with Crippen molar-refractivity contribution in [1.82, 2.24) is 5.32 Å². The number of benzene rings is 1. The third kappa shape index (κ3) is 3.76. The monoisotopic (exact) mass is 252 g/mol. The van der Waals surface area contributed by atoms with E-state index in [2.05, 4.69) is 42.8 Å². The first-order valence-corrected chi connectivity index (χ1v) is 6.32. The summed E-state index contributed by atoms with van der Waals surface area (Å²) in [5.74, 6) is 0. The molecule has 0 saturated carbocycles. The van der Waals surface area contributed by atoms with Gasteiger partial charge in [-0.15, -0.1) is 6.58 Å². The number of rotatable bonds is 6. The second kappa shape index (κ2) is 6.67. The van der Waals surface area contributed by atoms with Crippen molar-refractivity contribution in [3.05, 3.63) is 41.4 Å². The van der Waals surface area contributed by atoms with Crippen molar-refractivity contribution in [3.63, 3.8) is 0 Å². The van der Waals surface area contributed by atoms with Gasteiger partial charge in [0.1, 0.15) is 0 Å². The molecule has 1 aromatic rings. The first-order chi connectivity index (χ1) is 8.10. The Morgan fingerprint density at radius 2 is 2.24 bits per heavy atom. The molecule has 1 atom stereocenters. The first kappa shape index (κ1) is 14.1. The zero-order valence-corrected chi connectivity index (χ0v) is 11.6. The van der Waals surface area contributed by atoms with Crippen molar-refractivity contribution in [2.24, 2.45) is 0 Å². The summed E-state index contributed by atoms with van der Waals surface area (Å²) in [6, 6.07) is 6.48. The van der Waals surface area contributed by atoms with Crippen LogP contribution in [0, 0.1) is 0 Å². The van der Waals surface area contributed by atoms with Crippen LogP contribution in [0.3, 0.4) is 0 Å². The molecule has 17 heavy (non-hydrogen) atoms. The van der Waals surface area contributed by atoms with Crippen LogP contribution in [0.5, 0.6) is 0 Å². The lowest BCUT2D eigenvalue weighted by atomic mass is 10.1. The highest BCUT2D eigenvalue weighted by Gasteiger charge is 2.10. The fourth-order valence-electron chi connectivity index (χ4n) is 1.82. The quantitative estimate of drug-likeness (QED) is 0.778. The van der Waals surface area contributed by atoms with Gasteiger partial charge in [-0.1, -0.05) is 30.7 Å². The summed E-state index contributed by atoms with van der Waals surface area (Å²) in [5, 5.41) is 4.17. The van der Waals surface area contributed by atoms with Gasteiger partial charge in [-0.25, -0.2) is 0 Å². The normalized spacial score (nSPS) is 12.2. The molecule has 1 aromatic carbocycles. The summed E-state index contributed by atoms with van der Waals surface area (Å²) in [7, 11) is 2.03. The minimum atomic E-state index is 0.284. The summed E-state index contributed by atoms with van der Waals surface area (Å²) in [6.07, 6.45) is 1.88. The molecule has 94 valence electrons. The van der Waals surface area contributed by atoms with Gasteiger partial charge in [0.25, 0.3) is 0 Å². The third-order valence-electron chi connectivity index (χ3n) is 2.80. The van der Waals surface area contributed by atoms with Crippen molar-refractivity contribution < 1.29 is 0 Å². The highest BCUT2D eigenvalue weighted by molar-refractivity contribution is 6.31. The number of nitrogens with zero attached hydrogens (tertiary/aromatic N) is 1. The molecular weight excluding hydrogens is 232 g/mol. The van der Waals surface area contributed by atoms with Crippen molar-refractivity contribution in [3.8, 4) is 0 Å². The van der Waals surface area contributed by atoms with E-state index in [-0.39, 0.29) is 6.04 Å². The van der Waals surface area contributed by atoms with Crippen molar-refractivity contribution in [2.45, 2.75) is 19.9 Å². The molecule has 3 heteroatoms. The Balaban J connectivity index is 2.89. The van der Waals surface area contributed by atoms with Crippen molar-refractivity contribution >= 4 is 17.3 Å². The molecule has 1 unspecified atom stereocenters. The summed E-state index contributed by atoms with van der Waals surface area (Å²) >= 11 is 6.31. The molecule has 1 rings (SSSR count). The van der Waals surface area contributed by atoms with E-state index in [1.807, 2.05) is 19.2 Å². The maximum atomic E-state index is 6.31. The van der Waals surface area contributed by atoms with Gasteiger partial charge in [-0.3, -0.25) is 0 Å². The Morgan fingerprint density at radius 3 is 2.76 bits per heavy atom. The minimum Gasteiger partial charge on any atom is -0.371 e. The van der Waals surface area contributed by atoms with Gasteiger partial charge in [-0.2, -0.15) is 0 Å². The van der Waals surface area contributed by atoms with Crippen LogP contribution in [0.15, 0.2) is 30.9 Å². The van der Waals surface area contributed by atoms with E-state index < -0.39 is 0 Å². The Bertz CT molecular complexity index is 376. The number of anilines is 1. The summed E-state index contributed by atoms with van der Waals surface area (Å²) < 4.78 is 0. The van der Waals surface area contributed by atoms with Gasteiger partial charge in [0.2, 0.25) is 0 Å². The van der Waals surface area contributed by atoms with Crippen LogP contribution in [0.2, 0.25) is 5.02 Å². The van der Waals surface area contributed by atoms with Gasteiger partial charge < -0.3 is 10.2 Å². The third-order valence-corrected chi connectivity index (χ3v) is 3.13. The molecule has 0 aromatic heterocycles. The van der Waals surface area contributed by atoms with Gasteiger partial charge in [-0.05, 0) is 31.2 Å². The Labute approximate surface area is 109 Å². The van der Waals surface area contributed by atoms with E-state index in [0.29, 0.717) is 0 Å². The molecule has 0 heterocycles. The Hall–Kier alpha value is -0.990. The topological polar surface area (TPSA) is 15.3 Å². The van der Waals surface area contributed by atoms with Gasteiger partial charge in [0.05, 0.1) is 0 Å². The standard InChI is InChI=1S/C14H21ClN2/c1-5-9-17(4)12-7-8-13(14(15)10-12)11(3)16-6-2/h5,7-8,10-11,16H,1,6,9H2,2-4H3. The van der Waals surface area contributed by atoms with Crippen LogP contribution in [0.1, 0.15) is 25.5 Å².